The summed E-state index contributed by atoms with van der Waals surface area (Å²) in [6.45, 7) is 2.49. The summed E-state index contributed by atoms with van der Waals surface area (Å²) in [4.78, 5) is 13.5. The minimum Gasteiger partial charge on any atom is -0.378 e. The van der Waals surface area contributed by atoms with Crippen molar-refractivity contribution in [2.24, 2.45) is 5.73 Å². The molecule has 0 bridgehead atoms. The predicted molar refractivity (Wildman–Crippen MR) is 101 cm³/mol. The number of nitrogens with one attached hydrogen (secondary N) is 1. The molecule has 2 amide bonds. The number of carbonyl (C=O) groups excluding carboxylic acids is 1. The van der Waals surface area contributed by atoms with Crippen LogP contribution in [0.25, 0.3) is 11.1 Å². The molecule has 1 fully saturated rings. The van der Waals surface area contributed by atoms with Crippen LogP contribution in [0.4, 0.5) is 14.8 Å². The molecule has 2 aromatic rings. The van der Waals surface area contributed by atoms with Crippen LogP contribution in [0.15, 0.2) is 18.2 Å². The maximum Gasteiger partial charge on any atom is 0.317 e. The number of nitriles is 1. The van der Waals surface area contributed by atoms with Crippen molar-refractivity contribution in [2.75, 3.05) is 36.5 Å². The van der Waals surface area contributed by atoms with Gasteiger partial charge in [0, 0.05) is 29.2 Å². The number of morpholine rings is 1. The van der Waals surface area contributed by atoms with Gasteiger partial charge >= 0.3 is 6.03 Å². The zero-order valence-corrected chi connectivity index (χ0v) is 15.3. The van der Waals surface area contributed by atoms with E-state index in [1.807, 2.05) is 0 Å². The molecule has 25 heavy (non-hydrogen) atoms. The van der Waals surface area contributed by atoms with Crippen LogP contribution in [0.3, 0.4) is 0 Å². The zero-order valence-electron chi connectivity index (χ0n) is 13.0. The van der Waals surface area contributed by atoms with E-state index in [9.17, 15) is 10.1 Å². The summed E-state index contributed by atoms with van der Waals surface area (Å²) in [5, 5.41) is 14.5. The monoisotopic (exact) mass is 396 g/mol. The van der Waals surface area contributed by atoms with Crippen molar-refractivity contribution in [3.63, 3.8) is 0 Å². The fraction of sp³-hybridized carbons (Fsp3) is 0.250. The number of carbonyl (C=O) groups is 1. The molecule has 3 N–H and O–H groups in total. The molecule has 0 aliphatic carbocycles. The second-order valence-corrected chi connectivity index (χ2v) is 7.15. The molecule has 6 nitrogen and oxygen atoms in total. The van der Waals surface area contributed by atoms with E-state index in [1.54, 1.807) is 18.2 Å². The van der Waals surface area contributed by atoms with Gasteiger partial charge in [0.15, 0.2) is 0 Å². The highest BCUT2D eigenvalue weighted by molar-refractivity contribution is 7.21. The molecule has 1 aliphatic rings. The molecule has 0 atom stereocenters. The van der Waals surface area contributed by atoms with E-state index in [-0.39, 0.29) is 0 Å². The summed E-state index contributed by atoms with van der Waals surface area (Å²) in [5.41, 5.74) is 6.91. The number of benzene rings is 1. The third kappa shape index (κ3) is 3.67. The van der Waals surface area contributed by atoms with Crippen molar-refractivity contribution in [3.05, 3.63) is 33.8 Å². The summed E-state index contributed by atoms with van der Waals surface area (Å²) in [5.74, 6) is 0. The van der Waals surface area contributed by atoms with Gasteiger partial charge in [0.05, 0.1) is 23.8 Å². The van der Waals surface area contributed by atoms with Gasteiger partial charge in [-0.15, -0.1) is 0 Å². The number of halogens is 2. The van der Waals surface area contributed by atoms with Crippen LogP contribution in [0.1, 0.15) is 5.56 Å². The van der Waals surface area contributed by atoms with Crippen molar-refractivity contribution >= 4 is 50.6 Å². The molecule has 0 radical (unpaired) electrons. The quantitative estimate of drug-likeness (QED) is 0.821. The number of thiophene rings is 1. The van der Waals surface area contributed by atoms with Gasteiger partial charge in [-0.05, 0) is 12.1 Å². The number of urea groups is 1. The summed E-state index contributed by atoms with van der Waals surface area (Å²) >= 11 is 13.6. The van der Waals surface area contributed by atoms with E-state index in [1.165, 1.54) is 11.3 Å². The molecular weight excluding hydrogens is 383 g/mol. The van der Waals surface area contributed by atoms with Gasteiger partial charge in [-0.3, -0.25) is 5.32 Å². The summed E-state index contributed by atoms with van der Waals surface area (Å²) in [6.07, 6.45) is 0. The Labute approximate surface area is 158 Å². The van der Waals surface area contributed by atoms with Crippen LogP contribution in [0.5, 0.6) is 0 Å². The van der Waals surface area contributed by atoms with Crippen molar-refractivity contribution in [3.8, 4) is 17.2 Å². The molecule has 9 heteroatoms. The largest absolute Gasteiger partial charge is 0.378 e. The molecular formula is C16H14Cl2N4O2S. The fourth-order valence-corrected chi connectivity index (χ4v) is 4.38. The first kappa shape index (κ1) is 17.8. The fourth-order valence-electron chi connectivity index (χ4n) is 2.66. The second-order valence-electron chi connectivity index (χ2n) is 5.31. The Morgan fingerprint density at radius 3 is 2.68 bits per heavy atom. The standard InChI is InChI=1S/C16H14Cl2N4O2S/c17-9-1-2-10(12(18)7-9)13-11(8-19)15(22-3-5-24-6-4-22)25-14(13)21-16(20)23/h1-2,7H,3-6H2,(H3,20,21,23). The molecule has 1 aromatic carbocycles. The zero-order chi connectivity index (χ0) is 18.0. The summed E-state index contributed by atoms with van der Waals surface area (Å²) < 4.78 is 5.37. The molecule has 1 aliphatic heterocycles. The number of ether oxygens (including phenoxy) is 1. The number of amides is 2. The maximum atomic E-state index is 11.4. The SMILES string of the molecule is N#Cc1c(N2CCOCC2)sc(NC(N)=O)c1-c1ccc(Cl)cc1Cl. The number of hydrogen-bond acceptors (Lipinski definition) is 5. The summed E-state index contributed by atoms with van der Waals surface area (Å²) in [6, 6.07) is 6.54. The highest BCUT2D eigenvalue weighted by Crippen LogP contribution is 2.47. The molecule has 0 spiro atoms. The van der Waals surface area contributed by atoms with Crippen LogP contribution in [-0.2, 0) is 4.74 Å². The number of anilines is 2. The average Bonchev–Trinajstić information content (AvgIpc) is 2.93. The Bertz CT molecular complexity index is 857. The van der Waals surface area contributed by atoms with Gasteiger partial charge in [0.25, 0.3) is 0 Å². The lowest BCUT2D eigenvalue weighted by molar-refractivity contribution is 0.123. The highest BCUT2D eigenvalue weighted by atomic mass is 35.5. The second kappa shape index (κ2) is 7.50. The Morgan fingerprint density at radius 1 is 1.36 bits per heavy atom. The average molecular weight is 397 g/mol. The van der Waals surface area contributed by atoms with E-state index >= 15 is 0 Å². The van der Waals surface area contributed by atoms with Crippen LogP contribution < -0.4 is 16.0 Å². The van der Waals surface area contributed by atoms with Crippen LogP contribution in [0, 0.1) is 11.3 Å². The number of primary amides is 1. The van der Waals surface area contributed by atoms with Crippen molar-refractivity contribution in [1.82, 2.24) is 0 Å². The topological polar surface area (TPSA) is 91.4 Å². The van der Waals surface area contributed by atoms with Crippen molar-refractivity contribution < 1.29 is 9.53 Å². The molecule has 0 saturated carbocycles. The minimum atomic E-state index is -0.703. The molecule has 1 aromatic heterocycles. The first-order valence-corrected chi connectivity index (χ1v) is 9.00. The van der Waals surface area contributed by atoms with Gasteiger partial charge < -0.3 is 15.4 Å². The lowest BCUT2D eigenvalue weighted by Crippen LogP contribution is -2.36. The first-order chi connectivity index (χ1) is 12.0. The number of rotatable bonds is 3. The van der Waals surface area contributed by atoms with Gasteiger partial charge in [0.1, 0.15) is 16.1 Å². The molecule has 1 saturated heterocycles. The van der Waals surface area contributed by atoms with E-state index in [0.717, 1.165) is 5.00 Å². The lowest BCUT2D eigenvalue weighted by Gasteiger charge is -2.27. The molecule has 2 heterocycles. The normalized spacial score (nSPS) is 14.2. The molecule has 3 rings (SSSR count). The Morgan fingerprint density at radius 2 is 2.08 bits per heavy atom. The predicted octanol–water partition coefficient (Wildman–Crippen LogP) is 3.92. The molecule has 0 unspecified atom stereocenters. The van der Waals surface area contributed by atoms with Gasteiger partial charge in [-0.25, -0.2) is 4.79 Å². The number of nitrogens with two attached hydrogens (primary N) is 1. The maximum absolute atomic E-state index is 11.4. The highest BCUT2D eigenvalue weighted by Gasteiger charge is 2.26. The van der Waals surface area contributed by atoms with Crippen LogP contribution in [-0.4, -0.2) is 32.3 Å². The van der Waals surface area contributed by atoms with Gasteiger partial charge in [-0.2, -0.15) is 5.26 Å². The Hall–Kier alpha value is -1.98. The van der Waals surface area contributed by atoms with Crippen molar-refractivity contribution in [1.29, 1.82) is 5.26 Å². The van der Waals surface area contributed by atoms with Crippen molar-refractivity contribution in [2.45, 2.75) is 0 Å². The van der Waals surface area contributed by atoms with E-state index in [4.69, 9.17) is 33.7 Å². The van der Waals surface area contributed by atoms with E-state index < -0.39 is 6.03 Å². The lowest BCUT2D eigenvalue weighted by atomic mass is 10.0. The molecule has 130 valence electrons. The van der Waals surface area contributed by atoms with Gasteiger partial charge in [0.2, 0.25) is 0 Å². The van der Waals surface area contributed by atoms with Crippen LogP contribution in [0.2, 0.25) is 10.0 Å². The first-order valence-electron chi connectivity index (χ1n) is 7.42. The third-order valence-corrected chi connectivity index (χ3v) is 5.45. The van der Waals surface area contributed by atoms with E-state index in [0.29, 0.717) is 58.0 Å². The van der Waals surface area contributed by atoms with Gasteiger partial charge in [-0.1, -0.05) is 40.6 Å². The Kier molecular flexibility index (Phi) is 5.35. The van der Waals surface area contributed by atoms with Crippen LogP contribution >= 0.6 is 34.5 Å². The van der Waals surface area contributed by atoms with E-state index in [2.05, 4.69) is 16.3 Å². The third-order valence-electron chi connectivity index (χ3n) is 3.74. The summed E-state index contributed by atoms with van der Waals surface area (Å²) in [7, 11) is 0. The minimum absolute atomic E-state index is 0.392. The Balaban J connectivity index is 2.18. The number of hydrogen-bond donors (Lipinski definition) is 2. The smallest absolute Gasteiger partial charge is 0.317 e. The number of nitrogens with zero attached hydrogens (tertiary/aromatic N) is 2.